The van der Waals surface area contributed by atoms with Crippen molar-refractivity contribution >= 4 is 33.4 Å². The molecule has 2 N–H and O–H groups in total. The van der Waals surface area contributed by atoms with E-state index in [1.807, 2.05) is 37.3 Å². The highest BCUT2D eigenvalue weighted by atomic mass is 79.9. The molecule has 1 unspecified atom stereocenters. The van der Waals surface area contributed by atoms with Gasteiger partial charge in [0.25, 0.3) is 5.91 Å². The normalized spacial score (nSPS) is 11.5. The number of benzene rings is 2. The number of carbonyl (C=O) groups is 2. The Labute approximate surface area is 149 Å². The molecule has 126 valence electrons. The van der Waals surface area contributed by atoms with Crippen molar-refractivity contribution in [3.8, 4) is 5.75 Å². The van der Waals surface area contributed by atoms with Crippen LogP contribution in [0.1, 0.15) is 25.5 Å². The first kappa shape index (κ1) is 18.0. The summed E-state index contributed by atoms with van der Waals surface area (Å²) in [6, 6.07) is 14.5. The first-order valence-corrected chi connectivity index (χ1v) is 8.28. The lowest BCUT2D eigenvalue weighted by molar-refractivity contribution is -0.123. The maximum Gasteiger partial charge on any atom is 0.258 e. The van der Waals surface area contributed by atoms with Gasteiger partial charge in [0, 0.05) is 17.1 Å². The molecule has 24 heavy (non-hydrogen) atoms. The molecule has 1 atom stereocenters. The van der Waals surface area contributed by atoms with Gasteiger partial charge in [0.05, 0.1) is 6.04 Å². The van der Waals surface area contributed by atoms with Crippen molar-refractivity contribution in [3.05, 3.63) is 58.6 Å². The van der Waals surface area contributed by atoms with Crippen molar-refractivity contribution < 1.29 is 14.3 Å². The third kappa shape index (κ3) is 5.70. The van der Waals surface area contributed by atoms with Gasteiger partial charge in [-0.1, -0.05) is 28.1 Å². The molecule has 0 bridgehead atoms. The molecule has 0 radical (unpaired) electrons. The summed E-state index contributed by atoms with van der Waals surface area (Å²) in [6.07, 6.45) is 0. The number of hydrogen-bond donors (Lipinski definition) is 2. The Balaban J connectivity index is 1.89. The highest BCUT2D eigenvalue weighted by molar-refractivity contribution is 9.10. The lowest BCUT2D eigenvalue weighted by Gasteiger charge is -2.16. The zero-order valence-corrected chi connectivity index (χ0v) is 15.1. The fraction of sp³-hybridized carbons (Fsp3) is 0.222. The molecule has 0 aliphatic heterocycles. The monoisotopic (exact) mass is 390 g/mol. The number of nitrogens with one attached hydrogen (secondary N) is 2. The highest BCUT2D eigenvalue weighted by Gasteiger charge is 2.11. The molecule has 0 spiro atoms. The molecule has 2 aromatic carbocycles. The van der Waals surface area contributed by atoms with E-state index in [-0.39, 0.29) is 24.5 Å². The van der Waals surface area contributed by atoms with Crippen LogP contribution in [0, 0.1) is 0 Å². The van der Waals surface area contributed by atoms with Gasteiger partial charge in [0.15, 0.2) is 6.61 Å². The first-order chi connectivity index (χ1) is 11.4. The standard InChI is InChI=1S/C18H19BrN2O3/c1-12(14-4-3-5-16(10-14)21-13(2)22)20-18(23)11-24-17-8-6-15(19)7-9-17/h3-10,12H,11H2,1-2H3,(H,20,23)(H,21,22). The molecule has 0 saturated carbocycles. The van der Waals surface area contributed by atoms with Crippen molar-refractivity contribution in [2.24, 2.45) is 0 Å². The average Bonchev–Trinajstić information content (AvgIpc) is 2.54. The van der Waals surface area contributed by atoms with Gasteiger partial charge in [0.1, 0.15) is 5.75 Å². The molecule has 0 heterocycles. The van der Waals surface area contributed by atoms with Crippen molar-refractivity contribution in [1.82, 2.24) is 5.32 Å². The van der Waals surface area contributed by atoms with E-state index < -0.39 is 0 Å². The Bertz CT molecular complexity index is 716. The zero-order valence-electron chi connectivity index (χ0n) is 13.5. The number of rotatable bonds is 6. The maximum atomic E-state index is 12.0. The van der Waals surface area contributed by atoms with Crippen LogP contribution in [0.2, 0.25) is 0 Å². The maximum absolute atomic E-state index is 12.0. The molecule has 5 nitrogen and oxygen atoms in total. The third-order valence-corrected chi connectivity index (χ3v) is 3.80. The van der Waals surface area contributed by atoms with E-state index in [9.17, 15) is 9.59 Å². The lowest BCUT2D eigenvalue weighted by Crippen LogP contribution is -2.31. The molecular weight excluding hydrogens is 372 g/mol. The molecule has 0 fully saturated rings. The molecule has 0 aromatic heterocycles. The van der Waals surface area contributed by atoms with Gasteiger partial charge in [-0.15, -0.1) is 0 Å². The minimum Gasteiger partial charge on any atom is -0.484 e. The van der Waals surface area contributed by atoms with Crippen molar-refractivity contribution in [2.45, 2.75) is 19.9 Å². The number of ether oxygens (including phenoxy) is 1. The van der Waals surface area contributed by atoms with E-state index in [2.05, 4.69) is 26.6 Å². The molecule has 0 aliphatic carbocycles. The summed E-state index contributed by atoms with van der Waals surface area (Å²) in [7, 11) is 0. The summed E-state index contributed by atoms with van der Waals surface area (Å²) in [5.74, 6) is 0.288. The fourth-order valence-corrected chi connectivity index (χ4v) is 2.40. The van der Waals surface area contributed by atoms with Gasteiger partial charge < -0.3 is 15.4 Å². The molecule has 6 heteroatoms. The van der Waals surface area contributed by atoms with Crippen molar-refractivity contribution in [2.75, 3.05) is 11.9 Å². The number of hydrogen-bond acceptors (Lipinski definition) is 3. The summed E-state index contributed by atoms with van der Waals surface area (Å²) in [4.78, 5) is 23.1. The number of anilines is 1. The van der Waals surface area contributed by atoms with E-state index >= 15 is 0 Å². The predicted molar refractivity (Wildman–Crippen MR) is 96.9 cm³/mol. The van der Waals surface area contributed by atoms with Gasteiger partial charge >= 0.3 is 0 Å². The van der Waals surface area contributed by atoms with E-state index in [4.69, 9.17) is 4.74 Å². The van der Waals surface area contributed by atoms with Crippen LogP contribution < -0.4 is 15.4 Å². The molecular formula is C18H19BrN2O3. The molecule has 2 amide bonds. The zero-order chi connectivity index (χ0) is 17.5. The largest absolute Gasteiger partial charge is 0.484 e. The Hall–Kier alpha value is -2.34. The number of halogens is 1. The van der Waals surface area contributed by atoms with Crippen LogP contribution in [-0.4, -0.2) is 18.4 Å². The minimum atomic E-state index is -0.213. The van der Waals surface area contributed by atoms with Gasteiger partial charge in [0.2, 0.25) is 5.91 Å². The second-order valence-corrected chi connectivity index (χ2v) is 6.25. The number of amides is 2. The lowest BCUT2D eigenvalue weighted by atomic mass is 10.1. The van der Waals surface area contributed by atoms with Crippen LogP contribution in [0.15, 0.2) is 53.0 Å². The second kappa shape index (κ2) is 8.49. The van der Waals surface area contributed by atoms with E-state index in [0.29, 0.717) is 11.4 Å². The number of carbonyl (C=O) groups excluding carboxylic acids is 2. The molecule has 0 aliphatic rings. The topological polar surface area (TPSA) is 67.4 Å². The van der Waals surface area contributed by atoms with Gasteiger partial charge in [-0.3, -0.25) is 9.59 Å². The van der Waals surface area contributed by atoms with E-state index in [1.54, 1.807) is 18.2 Å². The Morgan fingerprint density at radius 3 is 2.54 bits per heavy atom. The van der Waals surface area contributed by atoms with Crippen LogP contribution in [0.3, 0.4) is 0 Å². The highest BCUT2D eigenvalue weighted by Crippen LogP contribution is 2.18. The van der Waals surface area contributed by atoms with Crippen molar-refractivity contribution in [3.63, 3.8) is 0 Å². The van der Waals surface area contributed by atoms with E-state index in [0.717, 1.165) is 10.0 Å². The quantitative estimate of drug-likeness (QED) is 0.790. The summed E-state index contributed by atoms with van der Waals surface area (Å²) in [5, 5.41) is 5.60. The van der Waals surface area contributed by atoms with Crippen LogP contribution in [-0.2, 0) is 9.59 Å². The second-order valence-electron chi connectivity index (χ2n) is 5.34. The van der Waals surface area contributed by atoms with Crippen LogP contribution >= 0.6 is 15.9 Å². The molecule has 2 rings (SSSR count). The predicted octanol–water partition coefficient (Wildman–Crippen LogP) is 3.66. The Morgan fingerprint density at radius 1 is 1.17 bits per heavy atom. The summed E-state index contributed by atoms with van der Waals surface area (Å²) in [5.41, 5.74) is 1.60. The molecule has 2 aromatic rings. The van der Waals surface area contributed by atoms with Crippen molar-refractivity contribution in [1.29, 1.82) is 0 Å². The van der Waals surface area contributed by atoms with Crippen LogP contribution in [0.5, 0.6) is 5.75 Å². The third-order valence-electron chi connectivity index (χ3n) is 3.27. The summed E-state index contributed by atoms with van der Waals surface area (Å²) in [6.45, 7) is 3.28. The van der Waals surface area contributed by atoms with Gasteiger partial charge in [-0.25, -0.2) is 0 Å². The minimum absolute atomic E-state index is 0.0582. The van der Waals surface area contributed by atoms with Gasteiger partial charge in [-0.2, -0.15) is 0 Å². The Kier molecular flexibility index (Phi) is 6.37. The molecule has 0 saturated heterocycles. The SMILES string of the molecule is CC(=O)Nc1cccc(C(C)NC(=O)COc2ccc(Br)cc2)c1. The van der Waals surface area contributed by atoms with Crippen LogP contribution in [0.4, 0.5) is 5.69 Å². The smallest absolute Gasteiger partial charge is 0.258 e. The van der Waals surface area contributed by atoms with E-state index in [1.165, 1.54) is 6.92 Å². The summed E-state index contributed by atoms with van der Waals surface area (Å²) < 4.78 is 6.40. The summed E-state index contributed by atoms with van der Waals surface area (Å²) >= 11 is 3.34. The van der Waals surface area contributed by atoms with Gasteiger partial charge in [-0.05, 0) is 48.9 Å². The fourth-order valence-electron chi connectivity index (χ4n) is 2.14. The van der Waals surface area contributed by atoms with Crippen LogP contribution in [0.25, 0.3) is 0 Å². The first-order valence-electron chi connectivity index (χ1n) is 7.49. The average molecular weight is 391 g/mol. The Morgan fingerprint density at radius 2 is 1.88 bits per heavy atom.